The molecule has 1 unspecified atom stereocenters. The first kappa shape index (κ1) is 15.9. The van der Waals surface area contributed by atoms with Crippen LogP contribution in [0, 0.1) is 0 Å². The maximum atomic E-state index is 9.88. The maximum Gasteiger partial charge on any atom is 0.169 e. The molecule has 0 saturated carbocycles. The summed E-state index contributed by atoms with van der Waals surface area (Å²) in [6, 6.07) is 11.4. The summed E-state index contributed by atoms with van der Waals surface area (Å²) in [5.41, 5.74) is 1.91. The number of hydrogen-bond donors (Lipinski definition) is 1. The third-order valence-electron chi connectivity index (χ3n) is 3.28. The second-order valence-corrected chi connectivity index (χ2v) is 5.71. The number of aryl methyl sites for hydroxylation is 1. The van der Waals surface area contributed by atoms with Gasteiger partial charge in [-0.25, -0.2) is 0 Å². The van der Waals surface area contributed by atoms with Gasteiger partial charge in [-0.3, -0.25) is 0 Å². The quantitative estimate of drug-likeness (QED) is 0.836. The summed E-state index contributed by atoms with van der Waals surface area (Å²) in [7, 11) is 1.62. The molecule has 1 N–H and O–H groups in total. The van der Waals surface area contributed by atoms with E-state index in [-0.39, 0.29) is 0 Å². The Hall–Kier alpha value is -1.52. The number of aliphatic hydroxyl groups excluding tert-OH is 1. The van der Waals surface area contributed by atoms with E-state index in [0.29, 0.717) is 17.2 Å². The number of methoxy groups -OCH3 is 1. The first-order valence-electron chi connectivity index (χ1n) is 6.87. The molecule has 112 valence electrons. The standard InChI is InChI=1S/C17H19BrO3/c1-4-12-5-7-16(17(9-12)20-3)21-15-8-6-13(18)10-14(15)11(2)19/h5-11,19H,4H2,1-3H3. The van der Waals surface area contributed by atoms with E-state index in [1.54, 1.807) is 14.0 Å². The largest absolute Gasteiger partial charge is 0.493 e. The lowest BCUT2D eigenvalue weighted by atomic mass is 10.1. The summed E-state index contributed by atoms with van der Waals surface area (Å²) >= 11 is 3.41. The Balaban J connectivity index is 2.38. The summed E-state index contributed by atoms with van der Waals surface area (Å²) in [5.74, 6) is 1.95. The minimum Gasteiger partial charge on any atom is -0.493 e. The second-order valence-electron chi connectivity index (χ2n) is 4.80. The van der Waals surface area contributed by atoms with Crippen LogP contribution in [0.2, 0.25) is 0 Å². The Morgan fingerprint density at radius 2 is 1.81 bits per heavy atom. The highest BCUT2D eigenvalue weighted by molar-refractivity contribution is 9.10. The van der Waals surface area contributed by atoms with Crippen LogP contribution in [0.4, 0.5) is 0 Å². The van der Waals surface area contributed by atoms with Gasteiger partial charge in [0.15, 0.2) is 11.5 Å². The van der Waals surface area contributed by atoms with Crippen LogP contribution < -0.4 is 9.47 Å². The highest BCUT2D eigenvalue weighted by Crippen LogP contribution is 2.36. The molecule has 0 bridgehead atoms. The molecule has 2 aromatic carbocycles. The first-order chi connectivity index (χ1) is 10.0. The van der Waals surface area contributed by atoms with E-state index in [4.69, 9.17) is 9.47 Å². The van der Waals surface area contributed by atoms with Crippen molar-refractivity contribution in [2.75, 3.05) is 7.11 Å². The number of halogens is 1. The molecule has 0 fully saturated rings. The average Bonchev–Trinajstić information content (AvgIpc) is 2.49. The van der Waals surface area contributed by atoms with Crippen LogP contribution in [-0.4, -0.2) is 12.2 Å². The zero-order chi connectivity index (χ0) is 15.4. The molecule has 0 spiro atoms. The number of hydrogen-bond acceptors (Lipinski definition) is 3. The van der Waals surface area contributed by atoms with E-state index < -0.39 is 6.10 Å². The van der Waals surface area contributed by atoms with Crippen LogP contribution in [0.5, 0.6) is 17.2 Å². The number of rotatable bonds is 5. The van der Waals surface area contributed by atoms with Crippen molar-refractivity contribution in [3.63, 3.8) is 0 Å². The summed E-state index contributed by atoms with van der Waals surface area (Å²) < 4.78 is 12.2. The number of aliphatic hydroxyl groups is 1. The van der Waals surface area contributed by atoms with Crippen LogP contribution in [0.1, 0.15) is 31.1 Å². The Morgan fingerprint density at radius 3 is 2.43 bits per heavy atom. The lowest BCUT2D eigenvalue weighted by molar-refractivity contribution is 0.195. The number of benzene rings is 2. The van der Waals surface area contributed by atoms with Crippen LogP contribution in [0.25, 0.3) is 0 Å². The highest BCUT2D eigenvalue weighted by Gasteiger charge is 2.13. The van der Waals surface area contributed by atoms with Gasteiger partial charge >= 0.3 is 0 Å². The van der Waals surface area contributed by atoms with E-state index in [1.807, 2.05) is 36.4 Å². The molecule has 0 aliphatic carbocycles. The molecule has 2 aromatic rings. The monoisotopic (exact) mass is 350 g/mol. The van der Waals surface area contributed by atoms with Crippen molar-refractivity contribution >= 4 is 15.9 Å². The third-order valence-corrected chi connectivity index (χ3v) is 3.77. The molecule has 4 heteroatoms. The molecular weight excluding hydrogens is 332 g/mol. The van der Waals surface area contributed by atoms with Crippen molar-refractivity contribution in [3.05, 3.63) is 52.0 Å². The normalized spacial score (nSPS) is 12.0. The van der Waals surface area contributed by atoms with Gasteiger partial charge in [0, 0.05) is 10.0 Å². The Bertz CT molecular complexity index is 623. The van der Waals surface area contributed by atoms with Gasteiger partial charge in [-0.05, 0) is 49.2 Å². The molecule has 1 atom stereocenters. The molecule has 21 heavy (non-hydrogen) atoms. The molecule has 0 heterocycles. The molecule has 0 aliphatic rings. The lowest BCUT2D eigenvalue weighted by Gasteiger charge is -2.16. The minimum atomic E-state index is -0.613. The van der Waals surface area contributed by atoms with E-state index in [9.17, 15) is 5.11 Å². The lowest BCUT2D eigenvalue weighted by Crippen LogP contribution is -1.98. The van der Waals surface area contributed by atoms with Crippen LogP contribution in [0.15, 0.2) is 40.9 Å². The van der Waals surface area contributed by atoms with Crippen LogP contribution in [-0.2, 0) is 6.42 Å². The van der Waals surface area contributed by atoms with Gasteiger partial charge in [-0.1, -0.05) is 28.9 Å². The zero-order valence-electron chi connectivity index (χ0n) is 12.4. The predicted molar refractivity (Wildman–Crippen MR) is 87.2 cm³/mol. The molecule has 0 aliphatic heterocycles. The summed E-state index contributed by atoms with van der Waals surface area (Å²) in [6.45, 7) is 3.81. The van der Waals surface area contributed by atoms with E-state index >= 15 is 0 Å². The summed E-state index contributed by atoms with van der Waals surface area (Å²) in [5, 5.41) is 9.88. The Kier molecular flexibility index (Phi) is 5.26. The zero-order valence-corrected chi connectivity index (χ0v) is 14.0. The van der Waals surface area contributed by atoms with Gasteiger partial charge in [-0.2, -0.15) is 0 Å². The fraction of sp³-hybridized carbons (Fsp3) is 0.294. The SMILES string of the molecule is CCc1ccc(Oc2ccc(Br)cc2C(C)O)c(OC)c1. The predicted octanol–water partition coefficient (Wildman–Crippen LogP) is 4.87. The average molecular weight is 351 g/mol. The third kappa shape index (κ3) is 3.77. The van der Waals surface area contributed by atoms with Gasteiger partial charge in [0.25, 0.3) is 0 Å². The maximum absolute atomic E-state index is 9.88. The Morgan fingerprint density at radius 1 is 1.10 bits per heavy atom. The van der Waals surface area contributed by atoms with Crippen LogP contribution in [0.3, 0.4) is 0 Å². The van der Waals surface area contributed by atoms with Crippen molar-refractivity contribution in [1.29, 1.82) is 0 Å². The molecule has 2 rings (SSSR count). The van der Waals surface area contributed by atoms with Gasteiger partial charge in [0.1, 0.15) is 5.75 Å². The molecule has 3 nitrogen and oxygen atoms in total. The minimum absolute atomic E-state index is 0.613. The molecule has 0 radical (unpaired) electrons. The van der Waals surface area contributed by atoms with Gasteiger partial charge < -0.3 is 14.6 Å². The fourth-order valence-electron chi connectivity index (χ4n) is 2.07. The summed E-state index contributed by atoms with van der Waals surface area (Å²) in [6.07, 6.45) is 0.326. The van der Waals surface area contributed by atoms with Gasteiger partial charge in [0.05, 0.1) is 13.2 Å². The summed E-state index contributed by atoms with van der Waals surface area (Å²) in [4.78, 5) is 0. The first-order valence-corrected chi connectivity index (χ1v) is 7.66. The van der Waals surface area contributed by atoms with Gasteiger partial charge in [0.2, 0.25) is 0 Å². The second kappa shape index (κ2) is 6.96. The van der Waals surface area contributed by atoms with E-state index in [2.05, 4.69) is 22.9 Å². The van der Waals surface area contributed by atoms with Crippen molar-refractivity contribution < 1.29 is 14.6 Å². The van der Waals surface area contributed by atoms with Crippen molar-refractivity contribution in [3.8, 4) is 17.2 Å². The number of ether oxygens (including phenoxy) is 2. The Labute approximate surface area is 133 Å². The van der Waals surface area contributed by atoms with Crippen molar-refractivity contribution in [2.45, 2.75) is 26.4 Å². The topological polar surface area (TPSA) is 38.7 Å². The van der Waals surface area contributed by atoms with Gasteiger partial charge in [-0.15, -0.1) is 0 Å². The molecule has 0 amide bonds. The molecular formula is C17H19BrO3. The highest BCUT2D eigenvalue weighted by atomic mass is 79.9. The van der Waals surface area contributed by atoms with E-state index in [1.165, 1.54) is 5.56 Å². The molecule has 0 saturated heterocycles. The van der Waals surface area contributed by atoms with Crippen LogP contribution >= 0.6 is 15.9 Å². The van der Waals surface area contributed by atoms with E-state index in [0.717, 1.165) is 16.5 Å². The molecule has 0 aromatic heterocycles. The smallest absolute Gasteiger partial charge is 0.169 e. The van der Waals surface area contributed by atoms with Crippen molar-refractivity contribution in [2.24, 2.45) is 0 Å². The van der Waals surface area contributed by atoms with Crippen molar-refractivity contribution in [1.82, 2.24) is 0 Å². The fourth-order valence-corrected chi connectivity index (χ4v) is 2.45.